The van der Waals surface area contributed by atoms with E-state index in [1.807, 2.05) is 29.7 Å². The van der Waals surface area contributed by atoms with Gasteiger partial charge in [-0.25, -0.2) is 4.98 Å². The van der Waals surface area contributed by atoms with Gasteiger partial charge in [0.1, 0.15) is 5.75 Å². The second-order valence-corrected chi connectivity index (χ2v) is 7.18. The lowest BCUT2D eigenvalue weighted by atomic mass is 10.1. The van der Waals surface area contributed by atoms with Gasteiger partial charge in [-0.2, -0.15) is 4.99 Å². The maximum atomic E-state index is 10.4. The van der Waals surface area contributed by atoms with E-state index in [2.05, 4.69) is 15.0 Å². The first kappa shape index (κ1) is 15.8. The van der Waals surface area contributed by atoms with Crippen LogP contribution in [0.2, 0.25) is 0 Å². The van der Waals surface area contributed by atoms with E-state index < -0.39 is 0 Å². The number of aromatic nitrogens is 2. The molecule has 1 aromatic carbocycles. The highest BCUT2D eigenvalue weighted by Crippen LogP contribution is 2.36. The molecule has 3 aromatic rings. The Labute approximate surface area is 151 Å². The van der Waals surface area contributed by atoms with E-state index in [9.17, 15) is 5.11 Å². The van der Waals surface area contributed by atoms with Crippen LogP contribution in [0.15, 0.2) is 39.8 Å². The number of rotatable bonds is 3. The van der Waals surface area contributed by atoms with Gasteiger partial charge in [0.15, 0.2) is 4.80 Å². The van der Waals surface area contributed by atoms with Crippen LogP contribution in [-0.4, -0.2) is 28.0 Å². The predicted octanol–water partition coefficient (Wildman–Crippen LogP) is 3.75. The molecule has 2 aromatic heterocycles. The summed E-state index contributed by atoms with van der Waals surface area (Å²) in [6, 6.07) is 5.75. The van der Waals surface area contributed by atoms with Crippen molar-refractivity contribution in [3.8, 4) is 11.6 Å². The van der Waals surface area contributed by atoms with Crippen molar-refractivity contribution in [2.24, 2.45) is 17.0 Å². The molecule has 3 heterocycles. The molecule has 0 amide bonds. The van der Waals surface area contributed by atoms with Gasteiger partial charge in [-0.1, -0.05) is 11.3 Å². The number of thiazole rings is 2. The Bertz CT molecular complexity index is 1060. The molecule has 0 aliphatic carbocycles. The van der Waals surface area contributed by atoms with Gasteiger partial charge >= 0.3 is 0 Å². The van der Waals surface area contributed by atoms with Gasteiger partial charge in [-0.15, -0.1) is 11.3 Å². The summed E-state index contributed by atoms with van der Waals surface area (Å²) < 4.78 is 6.94. The zero-order chi connectivity index (χ0) is 17.4. The van der Waals surface area contributed by atoms with E-state index in [4.69, 9.17) is 4.74 Å². The lowest BCUT2D eigenvalue weighted by Crippen LogP contribution is -2.08. The highest BCUT2D eigenvalue weighted by Gasteiger charge is 2.16. The summed E-state index contributed by atoms with van der Waals surface area (Å²) in [4.78, 5) is 14.4. The average Bonchev–Trinajstić information content (AvgIpc) is 3.33. The zero-order valence-corrected chi connectivity index (χ0v) is 15.1. The molecule has 1 aliphatic rings. The maximum absolute atomic E-state index is 10.4. The Balaban J connectivity index is 1.78. The molecule has 0 unspecified atom stereocenters. The van der Waals surface area contributed by atoms with Crippen molar-refractivity contribution in [1.29, 1.82) is 0 Å². The first-order valence-electron chi connectivity index (χ1n) is 7.43. The SMILES string of the molecule is COc1ccc2c(c1)/C(=C\c1s/c(=N/c3nccs3)n(C)c1O)C=N2. The standard InChI is InChI=1S/C17H14N4O2S2/c1-21-15(22)14(25-17(21)20-16-18-5-6-24-16)7-10-9-19-13-4-3-11(23-2)8-12(10)13/h3-9,22H,1-2H3/b10-7-,20-17+. The van der Waals surface area contributed by atoms with Crippen molar-refractivity contribution in [2.75, 3.05) is 7.11 Å². The van der Waals surface area contributed by atoms with E-state index in [-0.39, 0.29) is 5.88 Å². The molecule has 126 valence electrons. The third-order valence-corrected chi connectivity index (χ3v) is 5.51. The molecule has 0 bridgehead atoms. The molecule has 25 heavy (non-hydrogen) atoms. The molecule has 0 radical (unpaired) electrons. The number of methoxy groups -OCH3 is 1. The summed E-state index contributed by atoms with van der Waals surface area (Å²) in [5.74, 6) is 0.938. The monoisotopic (exact) mass is 370 g/mol. The lowest BCUT2D eigenvalue weighted by Gasteiger charge is -2.03. The van der Waals surface area contributed by atoms with Gasteiger partial charge in [0, 0.05) is 36.0 Å². The first-order chi connectivity index (χ1) is 12.2. The van der Waals surface area contributed by atoms with Crippen molar-refractivity contribution in [3.05, 3.63) is 45.0 Å². The molecule has 0 saturated heterocycles. The van der Waals surface area contributed by atoms with Crippen molar-refractivity contribution in [2.45, 2.75) is 0 Å². The predicted molar refractivity (Wildman–Crippen MR) is 101 cm³/mol. The smallest absolute Gasteiger partial charge is 0.211 e. The maximum Gasteiger partial charge on any atom is 0.211 e. The number of aliphatic imine (C=N–C) groups is 1. The molecule has 8 heteroatoms. The molecular weight excluding hydrogens is 356 g/mol. The first-order valence-corrected chi connectivity index (χ1v) is 9.12. The minimum Gasteiger partial charge on any atom is -0.497 e. The Morgan fingerprint density at radius 3 is 3.00 bits per heavy atom. The van der Waals surface area contributed by atoms with Gasteiger partial charge in [0.05, 0.1) is 17.7 Å². The normalized spacial score (nSPS) is 15.1. The fraction of sp³-hybridized carbons (Fsp3) is 0.118. The number of benzene rings is 1. The van der Waals surface area contributed by atoms with Crippen LogP contribution in [0.25, 0.3) is 11.6 Å². The lowest BCUT2D eigenvalue weighted by molar-refractivity contribution is 0.415. The fourth-order valence-electron chi connectivity index (χ4n) is 2.46. The van der Waals surface area contributed by atoms with Crippen LogP contribution in [0.1, 0.15) is 10.4 Å². The number of aromatic hydroxyl groups is 1. The van der Waals surface area contributed by atoms with Crippen LogP contribution < -0.4 is 9.54 Å². The summed E-state index contributed by atoms with van der Waals surface area (Å²) in [7, 11) is 3.42. The molecule has 0 fully saturated rings. The highest BCUT2D eigenvalue weighted by molar-refractivity contribution is 7.13. The van der Waals surface area contributed by atoms with E-state index in [1.54, 1.807) is 31.1 Å². The third-order valence-electron chi connectivity index (χ3n) is 3.78. The summed E-state index contributed by atoms with van der Waals surface area (Å²) >= 11 is 2.85. The van der Waals surface area contributed by atoms with Crippen molar-refractivity contribution < 1.29 is 9.84 Å². The van der Waals surface area contributed by atoms with E-state index in [1.165, 1.54) is 22.7 Å². The minimum absolute atomic E-state index is 0.164. The second kappa shape index (κ2) is 6.30. The van der Waals surface area contributed by atoms with Crippen LogP contribution in [-0.2, 0) is 7.05 Å². The van der Waals surface area contributed by atoms with Crippen molar-refractivity contribution >= 4 is 51.4 Å². The molecule has 4 rings (SSSR count). The Hall–Kier alpha value is -2.71. The third kappa shape index (κ3) is 2.90. The number of hydrogen-bond acceptors (Lipinski definition) is 7. The van der Waals surface area contributed by atoms with Crippen LogP contribution in [0.4, 0.5) is 10.8 Å². The van der Waals surface area contributed by atoms with Crippen LogP contribution in [0.3, 0.4) is 0 Å². The number of nitrogens with zero attached hydrogens (tertiary/aromatic N) is 4. The molecule has 1 aliphatic heterocycles. The molecule has 6 nitrogen and oxygen atoms in total. The van der Waals surface area contributed by atoms with Gasteiger partial charge in [-0.3, -0.25) is 9.56 Å². The fourth-order valence-corrected chi connectivity index (χ4v) is 3.99. The van der Waals surface area contributed by atoms with Crippen LogP contribution >= 0.6 is 22.7 Å². The van der Waals surface area contributed by atoms with Crippen molar-refractivity contribution in [3.63, 3.8) is 0 Å². The van der Waals surface area contributed by atoms with Gasteiger partial charge in [0.2, 0.25) is 11.0 Å². The van der Waals surface area contributed by atoms with E-state index in [0.29, 0.717) is 9.93 Å². The largest absolute Gasteiger partial charge is 0.497 e. The number of allylic oxidation sites excluding steroid dienone is 1. The van der Waals surface area contributed by atoms with E-state index >= 15 is 0 Å². The van der Waals surface area contributed by atoms with E-state index in [0.717, 1.165) is 27.5 Å². The molecule has 0 spiro atoms. The molecule has 1 N–H and O–H groups in total. The van der Waals surface area contributed by atoms with Crippen LogP contribution in [0, 0.1) is 0 Å². The second-order valence-electron chi connectivity index (χ2n) is 5.30. The quantitative estimate of drug-likeness (QED) is 0.763. The summed E-state index contributed by atoms with van der Waals surface area (Å²) in [5, 5.41) is 13.0. The van der Waals surface area contributed by atoms with Crippen LogP contribution in [0.5, 0.6) is 11.6 Å². The summed E-state index contributed by atoms with van der Waals surface area (Å²) in [5.41, 5.74) is 2.79. The number of hydrogen-bond donors (Lipinski definition) is 1. The van der Waals surface area contributed by atoms with Gasteiger partial charge in [-0.05, 0) is 24.3 Å². The number of fused-ring (bicyclic) bond motifs is 1. The summed E-state index contributed by atoms with van der Waals surface area (Å²) in [6.07, 6.45) is 5.41. The highest BCUT2D eigenvalue weighted by atomic mass is 32.1. The van der Waals surface area contributed by atoms with Crippen molar-refractivity contribution in [1.82, 2.24) is 9.55 Å². The van der Waals surface area contributed by atoms with Gasteiger partial charge in [0.25, 0.3) is 0 Å². The zero-order valence-electron chi connectivity index (χ0n) is 13.5. The summed E-state index contributed by atoms with van der Waals surface area (Å²) in [6.45, 7) is 0. The molecular formula is C17H14N4O2S2. The Morgan fingerprint density at radius 2 is 2.24 bits per heavy atom. The van der Waals surface area contributed by atoms with Gasteiger partial charge < -0.3 is 9.84 Å². The molecule has 0 atom stereocenters. The Kier molecular flexibility index (Phi) is 3.98. The Morgan fingerprint density at radius 1 is 1.36 bits per heavy atom. The molecule has 0 saturated carbocycles. The topological polar surface area (TPSA) is 72.0 Å². The number of ether oxygens (including phenoxy) is 1. The minimum atomic E-state index is 0.164. The average molecular weight is 370 g/mol.